The Kier molecular flexibility index (Phi) is 4.15. The maximum absolute atomic E-state index is 6.12. The van der Waals surface area contributed by atoms with Crippen LogP contribution in [0.25, 0.3) is 10.2 Å². The third kappa shape index (κ3) is 2.92. The van der Waals surface area contributed by atoms with Crippen molar-refractivity contribution in [1.82, 2.24) is 10.3 Å². The summed E-state index contributed by atoms with van der Waals surface area (Å²) in [6, 6.07) is 5.27. The number of pyridine rings is 1. The minimum absolute atomic E-state index is 0.149. The first-order chi connectivity index (χ1) is 10.7. The molecule has 2 saturated heterocycles. The molecule has 0 aromatic carbocycles. The molecule has 0 aliphatic carbocycles. The first kappa shape index (κ1) is 14.9. The van der Waals surface area contributed by atoms with Gasteiger partial charge in [0.2, 0.25) is 0 Å². The third-order valence-electron chi connectivity index (χ3n) is 4.87. The van der Waals surface area contributed by atoms with Crippen molar-refractivity contribution >= 4 is 33.3 Å². The van der Waals surface area contributed by atoms with Gasteiger partial charge < -0.3 is 10.1 Å². The molecule has 0 unspecified atom stereocenters. The van der Waals surface area contributed by atoms with E-state index in [9.17, 15) is 0 Å². The predicted molar refractivity (Wildman–Crippen MR) is 94.8 cm³/mol. The Morgan fingerprint density at radius 3 is 3.32 bits per heavy atom. The molecule has 0 radical (unpaired) electrons. The molecule has 2 aromatic heterocycles. The number of fused-ring (bicyclic) bond motifs is 1. The quantitative estimate of drug-likeness (QED) is 0.920. The summed E-state index contributed by atoms with van der Waals surface area (Å²) in [7, 11) is 0. The number of rotatable bonds is 3. The van der Waals surface area contributed by atoms with Crippen LogP contribution in [0.1, 0.15) is 37.8 Å². The second-order valence-corrected chi connectivity index (χ2v) is 8.54. The molecule has 0 saturated carbocycles. The first-order valence-electron chi connectivity index (χ1n) is 8.05. The Morgan fingerprint density at radius 1 is 1.50 bits per heavy atom. The van der Waals surface area contributed by atoms with Gasteiger partial charge in [0.1, 0.15) is 0 Å². The van der Waals surface area contributed by atoms with Gasteiger partial charge in [-0.2, -0.15) is 11.8 Å². The highest BCUT2D eigenvalue weighted by atomic mass is 32.2. The largest absolute Gasteiger partial charge is 0.374 e. The summed E-state index contributed by atoms with van der Waals surface area (Å²) in [5.74, 6) is 2.42. The van der Waals surface area contributed by atoms with Crippen molar-refractivity contribution in [3.8, 4) is 0 Å². The van der Waals surface area contributed by atoms with Crippen molar-refractivity contribution in [2.24, 2.45) is 0 Å². The summed E-state index contributed by atoms with van der Waals surface area (Å²) in [6.07, 6.45) is 5.50. The number of thioether (sulfide) groups is 1. The normalized spacial score (nSPS) is 30.1. The summed E-state index contributed by atoms with van der Waals surface area (Å²) in [5.41, 5.74) is 2.54. The molecule has 2 fully saturated rings. The van der Waals surface area contributed by atoms with E-state index < -0.39 is 0 Å². The lowest BCUT2D eigenvalue weighted by atomic mass is 9.89. The van der Waals surface area contributed by atoms with Crippen molar-refractivity contribution < 1.29 is 4.74 Å². The van der Waals surface area contributed by atoms with Crippen molar-refractivity contribution in [1.29, 1.82) is 0 Å². The van der Waals surface area contributed by atoms with Crippen LogP contribution in [0.5, 0.6) is 0 Å². The number of hydrogen-bond acceptors (Lipinski definition) is 5. The van der Waals surface area contributed by atoms with E-state index in [2.05, 4.69) is 34.7 Å². The molecule has 118 valence electrons. The van der Waals surface area contributed by atoms with Gasteiger partial charge >= 0.3 is 0 Å². The lowest BCUT2D eigenvalue weighted by Gasteiger charge is -2.39. The maximum atomic E-state index is 6.12. The van der Waals surface area contributed by atoms with Gasteiger partial charge in [-0.15, -0.1) is 11.3 Å². The van der Waals surface area contributed by atoms with E-state index in [4.69, 9.17) is 4.74 Å². The zero-order chi connectivity index (χ0) is 15.0. The SMILES string of the molecule is C[C@H](N[C@H]1CCO[C@]2(CCSC2)C1)c1cnc2ccsc2c1. The van der Waals surface area contributed by atoms with Gasteiger partial charge in [0.05, 0.1) is 15.8 Å². The third-order valence-corrected chi connectivity index (χ3v) is 6.95. The Hall–Kier alpha value is -0.620. The van der Waals surface area contributed by atoms with E-state index in [-0.39, 0.29) is 5.60 Å². The van der Waals surface area contributed by atoms with Crippen LogP contribution in [-0.4, -0.2) is 34.7 Å². The second-order valence-electron chi connectivity index (χ2n) is 6.48. The lowest BCUT2D eigenvalue weighted by molar-refractivity contribution is -0.0711. The molecule has 22 heavy (non-hydrogen) atoms. The number of nitrogens with zero attached hydrogens (tertiary/aromatic N) is 1. The maximum Gasteiger partial charge on any atom is 0.0809 e. The van der Waals surface area contributed by atoms with Crippen molar-refractivity contribution in [2.75, 3.05) is 18.1 Å². The molecule has 2 aliphatic rings. The van der Waals surface area contributed by atoms with Crippen molar-refractivity contribution in [3.05, 3.63) is 29.3 Å². The summed E-state index contributed by atoms with van der Waals surface area (Å²) in [6.45, 7) is 3.15. The molecule has 3 atom stereocenters. The van der Waals surface area contributed by atoms with E-state index >= 15 is 0 Å². The van der Waals surface area contributed by atoms with Gasteiger partial charge in [0.15, 0.2) is 0 Å². The average molecular weight is 335 g/mol. The Morgan fingerprint density at radius 2 is 2.45 bits per heavy atom. The summed E-state index contributed by atoms with van der Waals surface area (Å²) >= 11 is 3.80. The van der Waals surface area contributed by atoms with Crippen LogP contribution in [-0.2, 0) is 4.74 Å². The smallest absolute Gasteiger partial charge is 0.0809 e. The van der Waals surface area contributed by atoms with E-state index in [1.165, 1.54) is 28.2 Å². The van der Waals surface area contributed by atoms with E-state index in [1.807, 2.05) is 18.0 Å². The Labute approximate surface area is 139 Å². The monoisotopic (exact) mass is 334 g/mol. The minimum atomic E-state index is 0.149. The summed E-state index contributed by atoms with van der Waals surface area (Å²) < 4.78 is 7.40. The van der Waals surface area contributed by atoms with Crippen LogP contribution >= 0.6 is 23.1 Å². The lowest BCUT2D eigenvalue weighted by Crippen LogP contribution is -2.47. The fraction of sp³-hybridized carbons (Fsp3) is 0.588. The first-order valence-corrected chi connectivity index (χ1v) is 10.1. The average Bonchev–Trinajstić information content (AvgIpc) is 3.16. The summed E-state index contributed by atoms with van der Waals surface area (Å²) in [4.78, 5) is 4.57. The fourth-order valence-electron chi connectivity index (χ4n) is 3.58. The summed E-state index contributed by atoms with van der Waals surface area (Å²) in [5, 5.41) is 5.93. The molecular weight excluding hydrogens is 312 g/mol. The molecule has 1 spiro atoms. The highest BCUT2D eigenvalue weighted by molar-refractivity contribution is 7.99. The number of thiophene rings is 1. The van der Waals surface area contributed by atoms with Crippen LogP contribution in [0.15, 0.2) is 23.7 Å². The molecule has 4 heterocycles. The number of aromatic nitrogens is 1. The highest BCUT2D eigenvalue weighted by Crippen LogP contribution is 2.38. The molecule has 0 amide bonds. The Bertz CT molecular complexity index is 651. The van der Waals surface area contributed by atoms with Crippen LogP contribution in [0.2, 0.25) is 0 Å². The van der Waals surface area contributed by atoms with E-state index in [1.54, 1.807) is 11.3 Å². The molecule has 4 rings (SSSR count). The van der Waals surface area contributed by atoms with Gasteiger partial charge in [0, 0.05) is 30.6 Å². The highest BCUT2D eigenvalue weighted by Gasteiger charge is 2.40. The van der Waals surface area contributed by atoms with Crippen LogP contribution in [0.4, 0.5) is 0 Å². The van der Waals surface area contributed by atoms with Crippen molar-refractivity contribution in [2.45, 2.75) is 43.9 Å². The molecule has 0 bridgehead atoms. The number of hydrogen-bond donors (Lipinski definition) is 1. The minimum Gasteiger partial charge on any atom is -0.374 e. The van der Waals surface area contributed by atoms with Crippen LogP contribution in [0.3, 0.4) is 0 Å². The van der Waals surface area contributed by atoms with Crippen LogP contribution < -0.4 is 5.32 Å². The van der Waals surface area contributed by atoms with Gasteiger partial charge in [-0.05, 0) is 55.0 Å². The molecule has 2 aromatic rings. The molecule has 1 N–H and O–H groups in total. The fourth-order valence-corrected chi connectivity index (χ4v) is 5.75. The van der Waals surface area contributed by atoms with Gasteiger partial charge in [-0.3, -0.25) is 4.98 Å². The topological polar surface area (TPSA) is 34.1 Å². The molecular formula is C17H22N2OS2. The van der Waals surface area contributed by atoms with Gasteiger partial charge in [-0.1, -0.05) is 0 Å². The van der Waals surface area contributed by atoms with Crippen molar-refractivity contribution in [3.63, 3.8) is 0 Å². The standard InChI is InChI=1S/C17H22N2OS2/c1-12(13-8-16-15(18-10-13)3-6-22-16)19-14-2-5-20-17(9-14)4-7-21-11-17/h3,6,8,10,12,14,19H,2,4-5,7,9,11H2,1H3/t12-,14-,17+/m0/s1. The molecule has 5 heteroatoms. The van der Waals surface area contributed by atoms with E-state index in [0.717, 1.165) is 25.0 Å². The second kappa shape index (κ2) is 6.11. The zero-order valence-corrected chi connectivity index (χ0v) is 14.5. The molecule has 3 nitrogen and oxygen atoms in total. The zero-order valence-electron chi connectivity index (χ0n) is 12.9. The predicted octanol–water partition coefficient (Wildman–Crippen LogP) is 4.00. The van der Waals surface area contributed by atoms with Crippen LogP contribution in [0, 0.1) is 0 Å². The Balaban J connectivity index is 1.45. The number of nitrogens with one attached hydrogen (secondary N) is 1. The number of ether oxygens (including phenoxy) is 1. The van der Waals surface area contributed by atoms with E-state index in [0.29, 0.717) is 12.1 Å². The van der Waals surface area contributed by atoms with Gasteiger partial charge in [-0.25, -0.2) is 0 Å². The molecule has 2 aliphatic heterocycles. The van der Waals surface area contributed by atoms with Gasteiger partial charge in [0.25, 0.3) is 0 Å².